The van der Waals surface area contributed by atoms with E-state index in [9.17, 15) is 4.79 Å². The fourth-order valence-electron chi connectivity index (χ4n) is 2.96. The summed E-state index contributed by atoms with van der Waals surface area (Å²) in [5.41, 5.74) is 6.89. The van der Waals surface area contributed by atoms with Crippen LogP contribution in [0.15, 0.2) is 35.1 Å². The van der Waals surface area contributed by atoms with Gasteiger partial charge >= 0.3 is 0 Å². The maximum Gasteiger partial charge on any atom is 0.254 e. The van der Waals surface area contributed by atoms with Gasteiger partial charge in [0.15, 0.2) is 0 Å². The quantitative estimate of drug-likeness (QED) is 0.857. The van der Waals surface area contributed by atoms with Crippen LogP contribution in [0.25, 0.3) is 0 Å². The maximum absolute atomic E-state index is 12.1. The maximum atomic E-state index is 12.1. The van der Waals surface area contributed by atoms with E-state index in [0.29, 0.717) is 17.9 Å². The summed E-state index contributed by atoms with van der Waals surface area (Å²) in [4.78, 5) is 18.8. The molecule has 3 N–H and O–H groups in total. The van der Waals surface area contributed by atoms with Gasteiger partial charge in [-0.2, -0.15) is 0 Å². The number of pyridine rings is 1. The lowest BCUT2D eigenvalue weighted by atomic mass is 10.2. The van der Waals surface area contributed by atoms with Crippen LogP contribution in [0, 0.1) is 0 Å². The van der Waals surface area contributed by atoms with Crippen molar-refractivity contribution in [1.29, 1.82) is 0 Å². The molecule has 0 bridgehead atoms. The summed E-state index contributed by atoms with van der Waals surface area (Å²) in [7, 11) is 0. The first-order chi connectivity index (χ1) is 12.0. The highest BCUT2D eigenvalue weighted by molar-refractivity contribution is 5.93. The number of nitrogens with one attached hydrogen (secondary N) is 1. The van der Waals surface area contributed by atoms with E-state index >= 15 is 0 Å². The van der Waals surface area contributed by atoms with Crippen LogP contribution in [0.3, 0.4) is 0 Å². The van der Waals surface area contributed by atoms with Crippen LogP contribution >= 0.6 is 0 Å². The molecule has 3 heterocycles. The second-order valence-electron chi connectivity index (χ2n) is 6.38. The van der Waals surface area contributed by atoms with E-state index in [0.717, 1.165) is 24.5 Å². The predicted octanol–water partition coefficient (Wildman–Crippen LogP) is 1.68. The third-order valence-corrected chi connectivity index (χ3v) is 4.12. The molecule has 0 aliphatic carbocycles. The molecule has 2 atom stereocenters. The molecule has 2 aromatic rings. The molecule has 1 amide bonds. The van der Waals surface area contributed by atoms with Crippen molar-refractivity contribution in [1.82, 2.24) is 10.3 Å². The van der Waals surface area contributed by atoms with E-state index in [1.165, 1.54) is 6.26 Å². The molecule has 2 aromatic heterocycles. The number of nitrogens with two attached hydrogens (primary N) is 1. The molecule has 25 heavy (non-hydrogen) atoms. The summed E-state index contributed by atoms with van der Waals surface area (Å²) in [5.74, 6) is 1.33. The topological polar surface area (TPSA) is 93.6 Å². The zero-order valence-corrected chi connectivity index (χ0v) is 14.6. The Bertz CT molecular complexity index is 703. The fourth-order valence-corrected chi connectivity index (χ4v) is 2.96. The average Bonchev–Trinajstić information content (AvgIpc) is 3.08. The molecule has 7 heteroatoms. The molecule has 3 rings (SSSR count). The lowest BCUT2D eigenvalue weighted by Crippen LogP contribution is -2.45. The first-order valence-corrected chi connectivity index (χ1v) is 8.46. The van der Waals surface area contributed by atoms with E-state index in [1.807, 2.05) is 12.1 Å². The van der Waals surface area contributed by atoms with Crippen molar-refractivity contribution in [3.05, 3.63) is 47.5 Å². The van der Waals surface area contributed by atoms with E-state index in [2.05, 4.69) is 29.0 Å². The minimum absolute atomic E-state index is 0.191. The first-order valence-electron chi connectivity index (χ1n) is 8.46. The largest absolute Gasteiger partial charge is 0.467 e. The lowest BCUT2D eigenvalue weighted by Gasteiger charge is -2.36. The number of anilines is 1. The second kappa shape index (κ2) is 7.67. The van der Waals surface area contributed by atoms with E-state index in [4.69, 9.17) is 14.9 Å². The van der Waals surface area contributed by atoms with Gasteiger partial charge in [0.1, 0.15) is 17.8 Å². The lowest BCUT2D eigenvalue weighted by molar-refractivity contribution is -0.00546. The standard InChI is InChI=1S/C18H24N4O3/c1-12-9-22(10-13(2)25-12)17-4-3-14(7-20-17)8-21-18(23)15-5-16(6-19)24-11-15/h3-5,7,11-13H,6,8-10,19H2,1-2H3,(H,21,23). The minimum Gasteiger partial charge on any atom is -0.467 e. The Morgan fingerprint density at radius 1 is 1.36 bits per heavy atom. The van der Waals surface area contributed by atoms with Crippen LogP contribution in [0.4, 0.5) is 5.82 Å². The van der Waals surface area contributed by atoms with Gasteiger partial charge in [-0.25, -0.2) is 4.98 Å². The van der Waals surface area contributed by atoms with Crippen LogP contribution < -0.4 is 16.0 Å². The zero-order chi connectivity index (χ0) is 17.8. The summed E-state index contributed by atoms with van der Waals surface area (Å²) in [6.07, 6.45) is 3.59. The van der Waals surface area contributed by atoms with Crippen LogP contribution in [0.5, 0.6) is 0 Å². The normalized spacial score (nSPS) is 20.5. The molecule has 0 saturated carbocycles. The van der Waals surface area contributed by atoms with Crippen molar-refractivity contribution in [3.8, 4) is 0 Å². The summed E-state index contributed by atoms with van der Waals surface area (Å²) in [6.45, 7) is 6.48. The van der Waals surface area contributed by atoms with Gasteiger partial charge < -0.3 is 25.1 Å². The number of carbonyl (C=O) groups is 1. The van der Waals surface area contributed by atoms with E-state index < -0.39 is 0 Å². The molecule has 1 aliphatic heterocycles. The van der Waals surface area contributed by atoms with Crippen LogP contribution in [0.2, 0.25) is 0 Å². The Kier molecular flexibility index (Phi) is 5.35. The number of ether oxygens (including phenoxy) is 1. The third kappa shape index (κ3) is 4.37. The Morgan fingerprint density at radius 3 is 2.72 bits per heavy atom. The number of hydrogen-bond acceptors (Lipinski definition) is 6. The molecule has 134 valence electrons. The minimum atomic E-state index is -0.191. The second-order valence-corrected chi connectivity index (χ2v) is 6.38. The molecule has 1 saturated heterocycles. The number of nitrogens with zero attached hydrogens (tertiary/aromatic N) is 2. The van der Waals surface area contributed by atoms with Crippen LogP contribution in [0.1, 0.15) is 35.5 Å². The number of rotatable bonds is 5. The van der Waals surface area contributed by atoms with Gasteiger partial charge in [-0.15, -0.1) is 0 Å². The van der Waals surface area contributed by atoms with Gasteiger partial charge in [0.2, 0.25) is 0 Å². The van der Waals surface area contributed by atoms with E-state index in [1.54, 1.807) is 12.3 Å². The molecule has 7 nitrogen and oxygen atoms in total. The SMILES string of the molecule is CC1CN(c2ccc(CNC(=O)c3coc(CN)c3)cn2)CC(C)O1. The monoisotopic (exact) mass is 344 g/mol. The van der Waals surface area contributed by atoms with Gasteiger partial charge in [-0.3, -0.25) is 4.79 Å². The van der Waals surface area contributed by atoms with Gasteiger partial charge in [0.05, 0.1) is 24.3 Å². The molecule has 0 aromatic carbocycles. The summed E-state index contributed by atoms with van der Waals surface area (Å²) >= 11 is 0. The third-order valence-electron chi connectivity index (χ3n) is 4.12. The fraction of sp³-hybridized carbons (Fsp3) is 0.444. The Labute approximate surface area is 147 Å². The highest BCUT2D eigenvalue weighted by Gasteiger charge is 2.23. The van der Waals surface area contributed by atoms with Gasteiger partial charge in [-0.05, 0) is 31.5 Å². The molecule has 0 radical (unpaired) electrons. The van der Waals surface area contributed by atoms with Gasteiger partial charge in [0, 0.05) is 25.8 Å². The number of aromatic nitrogens is 1. The molecule has 0 spiro atoms. The number of morpholine rings is 1. The Balaban J connectivity index is 1.56. The Morgan fingerprint density at radius 2 is 2.12 bits per heavy atom. The van der Waals surface area contributed by atoms with E-state index in [-0.39, 0.29) is 24.7 Å². The molecular weight excluding hydrogens is 320 g/mol. The van der Waals surface area contributed by atoms with Crippen molar-refractivity contribution in [3.63, 3.8) is 0 Å². The summed E-state index contributed by atoms with van der Waals surface area (Å²) in [6, 6.07) is 5.61. The molecule has 1 fully saturated rings. The molecule has 2 unspecified atom stereocenters. The van der Waals surface area contributed by atoms with Crippen molar-refractivity contribution >= 4 is 11.7 Å². The highest BCUT2D eigenvalue weighted by atomic mass is 16.5. The molecule has 1 aliphatic rings. The van der Waals surface area contributed by atoms with Crippen LogP contribution in [-0.4, -0.2) is 36.2 Å². The summed E-state index contributed by atoms with van der Waals surface area (Å²) in [5, 5.41) is 2.85. The van der Waals surface area contributed by atoms with Crippen LogP contribution in [-0.2, 0) is 17.8 Å². The summed E-state index contributed by atoms with van der Waals surface area (Å²) < 4.78 is 10.9. The number of furan rings is 1. The molecular formula is C18H24N4O3. The average molecular weight is 344 g/mol. The van der Waals surface area contributed by atoms with Crippen molar-refractivity contribution in [2.45, 2.75) is 39.1 Å². The number of hydrogen-bond donors (Lipinski definition) is 2. The van der Waals surface area contributed by atoms with Crippen molar-refractivity contribution in [2.24, 2.45) is 5.73 Å². The Hall–Kier alpha value is -2.38. The predicted molar refractivity (Wildman–Crippen MR) is 94.2 cm³/mol. The number of carbonyl (C=O) groups excluding carboxylic acids is 1. The smallest absolute Gasteiger partial charge is 0.254 e. The number of amides is 1. The van der Waals surface area contributed by atoms with Gasteiger partial charge in [-0.1, -0.05) is 6.07 Å². The first kappa shape index (κ1) is 17.4. The zero-order valence-electron chi connectivity index (χ0n) is 14.6. The van der Waals surface area contributed by atoms with Crippen molar-refractivity contribution in [2.75, 3.05) is 18.0 Å². The van der Waals surface area contributed by atoms with Gasteiger partial charge in [0.25, 0.3) is 5.91 Å². The van der Waals surface area contributed by atoms with Crippen molar-refractivity contribution < 1.29 is 13.9 Å². The highest BCUT2D eigenvalue weighted by Crippen LogP contribution is 2.18.